The predicted octanol–water partition coefficient (Wildman–Crippen LogP) is 1.07. The minimum absolute atomic E-state index is 0.127. The van der Waals surface area contributed by atoms with Crippen LogP contribution in [0.3, 0.4) is 0 Å². The van der Waals surface area contributed by atoms with Crippen molar-refractivity contribution in [3.8, 4) is 0 Å². The summed E-state index contributed by atoms with van der Waals surface area (Å²) in [5.41, 5.74) is 2.01. The van der Waals surface area contributed by atoms with E-state index in [0.29, 0.717) is 12.1 Å². The van der Waals surface area contributed by atoms with Gasteiger partial charge in [0.15, 0.2) is 0 Å². The molecule has 2 aromatic rings. The number of aromatic nitrogens is 2. The largest absolute Gasteiger partial charge is 0.386 e. The van der Waals surface area contributed by atoms with E-state index in [0.717, 1.165) is 23.9 Å². The van der Waals surface area contributed by atoms with Gasteiger partial charge in [-0.3, -0.25) is 0 Å². The van der Waals surface area contributed by atoms with E-state index in [1.54, 1.807) is 12.1 Å². The zero-order valence-electron chi connectivity index (χ0n) is 9.27. The van der Waals surface area contributed by atoms with Crippen LogP contribution in [-0.2, 0) is 4.74 Å². The first kappa shape index (κ1) is 10.6. The van der Waals surface area contributed by atoms with Gasteiger partial charge in [0.2, 0.25) is 0 Å². The molecule has 5 heteroatoms. The Hall–Kier alpha value is -1.59. The highest BCUT2D eigenvalue weighted by molar-refractivity contribution is 5.75. The van der Waals surface area contributed by atoms with Crippen molar-refractivity contribution >= 4 is 11.0 Å². The van der Waals surface area contributed by atoms with Gasteiger partial charge in [0, 0.05) is 6.61 Å². The molecule has 1 saturated heterocycles. The fourth-order valence-corrected chi connectivity index (χ4v) is 2.30. The van der Waals surface area contributed by atoms with Crippen LogP contribution in [0.15, 0.2) is 23.0 Å². The lowest BCUT2D eigenvalue weighted by Gasteiger charge is -2.17. The van der Waals surface area contributed by atoms with Crippen LogP contribution in [0.2, 0.25) is 0 Å². The van der Waals surface area contributed by atoms with Crippen molar-refractivity contribution in [2.24, 2.45) is 0 Å². The van der Waals surface area contributed by atoms with Gasteiger partial charge in [-0.1, -0.05) is 6.07 Å². The summed E-state index contributed by atoms with van der Waals surface area (Å²) >= 11 is 0. The van der Waals surface area contributed by atoms with Gasteiger partial charge in [-0.2, -0.15) is 0 Å². The number of benzene rings is 1. The number of aliphatic hydroxyl groups excluding tert-OH is 1. The number of imidazole rings is 1. The Morgan fingerprint density at radius 3 is 2.94 bits per heavy atom. The number of hydrogen-bond acceptors (Lipinski definition) is 3. The summed E-state index contributed by atoms with van der Waals surface area (Å²) in [6.45, 7) is 0.713. The van der Waals surface area contributed by atoms with Crippen molar-refractivity contribution < 1.29 is 9.84 Å². The Morgan fingerprint density at radius 2 is 2.18 bits per heavy atom. The zero-order valence-corrected chi connectivity index (χ0v) is 9.27. The first-order valence-corrected chi connectivity index (χ1v) is 5.75. The smallest absolute Gasteiger partial charge is 0.323 e. The molecular weight excluding hydrogens is 220 g/mol. The van der Waals surface area contributed by atoms with Gasteiger partial charge < -0.3 is 19.8 Å². The molecule has 90 valence electrons. The molecule has 0 aliphatic carbocycles. The minimum atomic E-state index is -0.625. The third-order valence-electron chi connectivity index (χ3n) is 3.20. The maximum Gasteiger partial charge on any atom is 0.323 e. The number of H-pyrrole nitrogens is 2. The van der Waals surface area contributed by atoms with Crippen LogP contribution in [0, 0.1) is 0 Å². The molecule has 3 N–H and O–H groups in total. The van der Waals surface area contributed by atoms with Crippen LogP contribution in [-0.4, -0.2) is 27.8 Å². The van der Waals surface area contributed by atoms with E-state index in [9.17, 15) is 9.90 Å². The van der Waals surface area contributed by atoms with Crippen LogP contribution in [0.4, 0.5) is 0 Å². The molecule has 0 bridgehead atoms. The number of fused-ring (bicyclic) bond motifs is 1. The summed E-state index contributed by atoms with van der Waals surface area (Å²) < 4.78 is 5.46. The molecule has 1 aromatic heterocycles. The second-order valence-electron chi connectivity index (χ2n) is 4.38. The molecule has 1 aliphatic heterocycles. The summed E-state index contributed by atoms with van der Waals surface area (Å²) in [5.74, 6) is 0. The maximum atomic E-state index is 11.1. The lowest BCUT2D eigenvalue weighted by molar-refractivity contribution is -0.00252. The number of ether oxygens (including phenoxy) is 1. The number of hydrogen-bond donors (Lipinski definition) is 3. The molecule has 2 unspecified atom stereocenters. The van der Waals surface area contributed by atoms with E-state index in [4.69, 9.17) is 4.74 Å². The summed E-state index contributed by atoms with van der Waals surface area (Å²) in [4.78, 5) is 16.5. The molecule has 3 rings (SSSR count). The average molecular weight is 234 g/mol. The highest BCUT2D eigenvalue weighted by atomic mass is 16.5. The zero-order chi connectivity index (χ0) is 11.8. The molecule has 0 radical (unpaired) electrons. The van der Waals surface area contributed by atoms with E-state index in [2.05, 4.69) is 9.97 Å². The lowest BCUT2D eigenvalue weighted by atomic mass is 10.0. The molecule has 2 atom stereocenters. The Kier molecular flexibility index (Phi) is 2.49. The van der Waals surface area contributed by atoms with Crippen LogP contribution in [0.5, 0.6) is 0 Å². The van der Waals surface area contributed by atoms with Gasteiger partial charge in [0.05, 0.1) is 17.1 Å². The Balaban J connectivity index is 1.96. The predicted molar refractivity (Wildman–Crippen MR) is 62.9 cm³/mol. The Labute approximate surface area is 97.4 Å². The van der Waals surface area contributed by atoms with E-state index < -0.39 is 6.10 Å². The highest BCUT2D eigenvalue weighted by Gasteiger charge is 2.25. The molecule has 1 aliphatic rings. The summed E-state index contributed by atoms with van der Waals surface area (Å²) in [5, 5.41) is 10.2. The highest BCUT2D eigenvalue weighted by Crippen LogP contribution is 2.27. The third-order valence-corrected chi connectivity index (χ3v) is 3.20. The number of aromatic amines is 2. The molecule has 0 spiro atoms. The first-order chi connectivity index (χ1) is 8.24. The number of aliphatic hydroxyl groups is 1. The molecule has 17 heavy (non-hydrogen) atoms. The molecule has 2 heterocycles. The lowest BCUT2D eigenvalue weighted by Crippen LogP contribution is -2.16. The fourth-order valence-electron chi connectivity index (χ4n) is 2.30. The molecule has 5 nitrogen and oxygen atoms in total. The molecular formula is C12H14N2O3. The van der Waals surface area contributed by atoms with E-state index >= 15 is 0 Å². The SMILES string of the molecule is O=c1[nH]c2ccc(C(O)C3CCCO3)cc2[nH]1. The second-order valence-corrected chi connectivity index (χ2v) is 4.38. The van der Waals surface area contributed by atoms with Gasteiger partial charge in [-0.15, -0.1) is 0 Å². The topological polar surface area (TPSA) is 78.1 Å². The van der Waals surface area contributed by atoms with Gasteiger partial charge >= 0.3 is 5.69 Å². The first-order valence-electron chi connectivity index (χ1n) is 5.75. The Bertz CT molecular complexity index is 581. The van der Waals surface area contributed by atoms with Crippen molar-refractivity contribution in [2.75, 3.05) is 6.61 Å². The van der Waals surface area contributed by atoms with Crippen molar-refractivity contribution in [3.05, 3.63) is 34.2 Å². The number of nitrogens with one attached hydrogen (secondary N) is 2. The maximum absolute atomic E-state index is 11.1. The monoisotopic (exact) mass is 234 g/mol. The Morgan fingerprint density at radius 1 is 1.35 bits per heavy atom. The molecule has 1 fully saturated rings. The fraction of sp³-hybridized carbons (Fsp3) is 0.417. The summed E-state index contributed by atoms with van der Waals surface area (Å²) in [7, 11) is 0. The van der Waals surface area contributed by atoms with Crippen LogP contribution in [0.25, 0.3) is 11.0 Å². The van der Waals surface area contributed by atoms with E-state index in [1.807, 2.05) is 6.07 Å². The third kappa shape index (κ3) is 1.87. The van der Waals surface area contributed by atoms with Crippen LogP contribution < -0.4 is 5.69 Å². The average Bonchev–Trinajstić information content (AvgIpc) is 2.94. The second kappa shape index (κ2) is 4.01. The van der Waals surface area contributed by atoms with Crippen molar-refractivity contribution in [1.82, 2.24) is 9.97 Å². The molecule has 0 saturated carbocycles. The van der Waals surface area contributed by atoms with Gasteiger partial charge in [-0.25, -0.2) is 4.79 Å². The van der Waals surface area contributed by atoms with Crippen molar-refractivity contribution in [2.45, 2.75) is 25.0 Å². The van der Waals surface area contributed by atoms with Crippen molar-refractivity contribution in [3.63, 3.8) is 0 Å². The normalized spacial score (nSPS) is 22.1. The van der Waals surface area contributed by atoms with Gasteiger partial charge in [0.1, 0.15) is 6.10 Å². The standard InChI is InChI=1S/C12H14N2O3/c15-11(10-2-1-5-17-10)7-3-4-8-9(6-7)14-12(16)13-8/h3-4,6,10-11,15H,1-2,5H2,(H2,13,14,16). The van der Waals surface area contributed by atoms with Crippen molar-refractivity contribution in [1.29, 1.82) is 0 Å². The quantitative estimate of drug-likeness (QED) is 0.727. The molecule has 1 aromatic carbocycles. The number of rotatable bonds is 2. The summed E-state index contributed by atoms with van der Waals surface area (Å²) in [6, 6.07) is 5.40. The van der Waals surface area contributed by atoms with E-state index in [1.165, 1.54) is 0 Å². The van der Waals surface area contributed by atoms with E-state index in [-0.39, 0.29) is 11.8 Å². The van der Waals surface area contributed by atoms with Crippen LogP contribution >= 0.6 is 0 Å². The van der Waals surface area contributed by atoms with Gasteiger partial charge in [0.25, 0.3) is 0 Å². The minimum Gasteiger partial charge on any atom is -0.386 e. The van der Waals surface area contributed by atoms with Gasteiger partial charge in [-0.05, 0) is 30.5 Å². The summed E-state index contributed by atoms with van der Waals surface area (Å²) in [6.07, 6.45) is 1.12. The molecule has 0 amide bonds. The van der Waals surface area contributed by atoms with Crippen LogP contribution in [0.1, 0.15) is 24.5 Å².